The van der Waals surface area contributed by atoms with Gasteiger partial charge in [0.1, 0.15) is 11.5 Å². The summed E-state index contributed by atoms with van der Waals surface area (Å²) in [5, 5.41) is 98.1. The molecule has 334 valence electrons. The molecule has 28 heteroatoms. The van der Waals surface area contributed by atoms with Crippen LogP contribution in [0.1, 0.15) is 82.9 Å². The second-order valence-electron chi connectivity index (χ2n) is 13.8. The van der Waals surface area contributed by atoms with Gasteiger partial charge in [0, 0.05) is 11.1 Å². The molecule has 6 aromatic rings. The maximum Gasteiger partial charge on any atom is 1.00 e. The summed E-state index contributed by atoms with van der Waals surface area (Å²) >= 11 is 0. The van der Waals surface area contributed by atoms with Gasteiger partial charge in [-0.2, -0.15) is 0 Å². The molecule has 0 heterocycles. The third-order valence-corrected chi connectivity index (χ3v) is 14.6. The van der Waals surface area contributed by atoms with Crippen molar-refractivity contribution in [2.45, 2.75) is 0 Å². The molecule has 0 bridgehead atoms. The van der Waals surface area contributed by atoms with Gasteiger partial charge in [0.25, 0.3) is 0 Å². The Kier molecular flexibility index (Phi) is 36.4. The number of carboxylic acids is 8. The predicted molar refractivity (Wildman–Crippen MR) is 217 cm³/mol. The molecule has 0 atom stereocenters. The summed E-state index contributed by atoms with van der Waals surface area (Å²) in [6.07, 6.45) is 0. The second-order valence-corrected chi connectivity index (χ2v) is 18.1. The van der Waals surface area contributed by atoms with Gasteiger partial charge in [0.2, 0.25) is 0 Å². The van der Waals surface area contributed by atoms with Crippen molar-refractivity contribution in [3.05, 3.63) is 154 Å². The third kappa shape index (κ3) is 18.3. The molecule has 0 saturated heterocycles. The van der Waals surface area contributed by atoms with Gasteiger partial charge in [0.05, 0.1) is 62.0 Å². The molecule has 0 aliphatic rings. The van der Waals surface area contributed by atoms with Crippen molar-refractivity contribution in [3.63, 3.8) is 0 Å². The van der Waals surface area contributed by atoms with E-state index in [0.29, 0.717) is 0 Å². The van der Waals surface area contributed by atoms with Crippen LogP contribution in [-0.2, 0) is 0 Å². The summed E-state index contributed by atoms with van der Waals surface area (Å²) in [4.78, 5) is 98.8. The van der Waals surface area contributed by atoms with Gasteiger partial charge in [-0.25, -0.2) is 0 Å². The molecule has 0 fully saturated rings. The first-order valence-corrected chi connectivity index (χ1v) is 21.2. The van der Waals surface area contributed by atoms with Crippen molar-refractivity contribution in [3.8, 4) is 22.6 Å². The van der Waals surface area contributed by atoms with E-state index in [0.717, 1.165) is 72.8 Å². The Balaban J connectivity index is -0.00000630. The topological polar surface area (TPSA) is 339 Å². The number of hydrogen-bond acceptors (Lipinski definition) is 18. The van der Waals surface area contributed by atoms with Crippen LogP contribution in [0.4, 0.5) is 0 Å². The Morgan fingerprint density at radius 3 is 0.635 bits per heavy atom. The quantitative estimate of drug-likeness (QED) is 0.0605. The molecule has 0 saturated carbocycles. The molecule has 74 heavy (non-hydrogen) atoms. The van der Waals surface area contributed by atoms with E-state index < -0.39 is 108 Å². The van der Waals surface area contributed by atoms with Crippen LogP contribution in [0, 0.1) is 0 Å². The standard InChI is InChI=1S/C46H32O18P2.8Na/c1-63-33-5-3-7-35(65(29-13-21(39(47)48)9-22(14-29)40(49)50)30-15-23(41(51)52)10-24(16-30)42(53)54)37(33)38-34(64-2)6-4-8-36(38)66(31-17-25(43(55)56)11-26(18-31)44(57)58)32-19-27(45(59)60)12-28(20-32)46(61)62;;;;;;;;/h3-20H,1-2H3,(H,47,48)(H,49,50)(H,51,52)(H,53,54)(H,55,56)(H,57,58)(H,59,60)(H,61,62);;;;;;;;/q;8*+1/p-8. The largest absolute Gasteiger partial charge is 1.00 e. The van der Waals surface area contributed by atoms with E-state index in [1.807, 2.05) is 0 Å². The van der Waals surface area contributed by atoms with Crippen molar-refractivity contribution >= 4 is 95.4 Å². The normalized spacial score (nSPS) is 9.73. The average Bonchev–Trinajstić information content (AvgIpc) is 3.28. The van der Waals surface area contributed by atoms with E-state index in [4.69, 9.17) is 9.47 Å². The van der Waals surface area contributed by atoms with E-state index >= 15 is 0 Å². The number of benzene rings is 6. The summed E-state index contributed by atoms with van der Waals surface area (Å²) in [5.41, 5.74) is -5.68. The fourth-order valence-corrected chi connectivity index (χ4v) is 12.2. The molecular weight excluding hydrogens is 1090 g/mol. The Bertz CT molecular complexity index is 2620. The van der Waals surface area contributed by atoms with Gasteiger partial charge in [-0.05, 0) is 177 Å². The van der Waals surface area contributed by atoms with E-state index in [2.05, 4.69) is 0 Å². The minimum atomic E-state index is -2.63. The van der Waals surface area contributed by atoms with Crippen LogP contribution in [0.15, 0.2) is 109 Å². The van der Waals surface area contributed by atoms with Crippen LogP contribution in [-0.4, -0.2) is 62.0 Å². The summed E-state index contributed by atoms with van der Waals surface area (Å²) < 4.78 is 11.7. The summed E-state index contributed by atoms with van der Waals surface area (Å²) in [7, 11) is -2.83. The zero-order chi connectivity index (χ0) is 48.3. The van der Waals surface area contributed by atoms with Crippen LogP contribution in [0.25, 0.3) is 11.1 Å². The van der Waals surface area contributed by atoms with Crippen molar-refractivity contribution in [2.24, 2.45) is 0 Å². The van der Waals surface area contributed by atoms with E-state index in [1.165, 1.54) is 50.6 Å². The summed E-state index contributed by atoms with van der Waals surface area (Å²) in [6, 6.07) is 19.4. The zero-order valence-corrected chi connectivity index (χ0v) is 59.4. The Morgan fingerprint density at radius 2 is 0.486 bits per heavy atom. The Labute approximate surface area is 601 Å². The van der Waals surface area contributed by atoms with Crippen LogP contribution >= 0.6 is 15.8 Å². The number of ether oxygens (including phenoxy) is 2. The van der Waals surface area contributed by atoms with Gasteiger partial charge in [-0.15, -0.1) is 0 Å². The zero-order valence-electron chi connectivity index (χ0n) is 41.6. The number of carbonyl (C=O) groups is 8. The van der Waals surface area contributed by atoms with Crippen molar-refractivity contribution in [1.29, 1.82) is 0 Å². The molecule has 0 aliphatic heterocycles. The molecule has 0 aliphatic carbocycles. The number of aromatic carboxylic acids is 8. The molecule has 0 spiro atoms. The molecule has 6 aromatic carbocycles. The molecular formula is C46H24Na8O18P2. The van der Waals surface area contributed by atoms with Gasteiger partial charge in [-0.1, -0.05) is 24.3 Å². The van der Waals surface area contributed by atoms with Crippen molar-refractivity contribution in [2.75, 3.05) is 14.2 Å². The molecule has 0 N–H and O–H groups in total. The smallest absolute Gasteiger partial charge is 0.545 e. The SMILES string of the molecule is COc1cccc(P(c2cc(C(=O)[O-])cc(C(=O)[O-])c2)c2cc(C(=O)[O-])cc(C(=O)[O-])c2)c1-c1c(OC)cccc1P(c1cc(C(=O)[O-])cc(C(=O)[O-])c1)c1cc(C(=O)[O-])cc(C(=O)[O-])c1.[Na+].[Na+].[Na+].[Na+].[Na+].[Na+].[Na+].[Na+]. The van der Waals surface area contributed by atoms with Gasteiger partial charge in [0.15, 0.2) is 0 Å². The van der Waals surface area contributed by atoms with Crippen LogP contribution < -0.4 is 319 Å². The second kappa shape index (κ2) is 34.6. The first-order chi connectivity index (χ1) is 31.2. The van der Waals surface area contributed by atoms with Crippen molar-refractivity contribution in [1.82, 2.24) is 0 Å². The number of carboxylic acid groups (broad SMARTS) is 8. The predicted octanol–water partition coefficient (Wildman–Crippen LogP) is -30.2. The molecule has 0 aromatic heterocycles. The monoisotopic (exact) mass is 1110 g/mol. The van der Waals surface area contributed by atoms with Crippen LogP contribution in [0.5, 0.6) is 11.5 Å². The number of carbonyl (C=O) groups excluding carboxylic acids is 8. The van der Waals surface area contributed by atoms with E-state index in [9.17, 15) is 79.2 Å². The number of methoxy groups -OCH3 is 2. The minimum absolute atomic E-state index is 0. The average molecular weight is 1110 g/mol. The number of rotatable bonds is 17. The van der Waals surface area contributed by atoms with E-state index in [-0.39, 0.29) is 291 Å². The molecule has 0 unspecified atom stereocenters. The fraction of sp³-hybridized carbons (Fsp3) is 0.0435. The maximum absolute atomic E-state index is 12.3. The van der Waals surface area contributed by atoms with Gasteiger partial charge in [-0.3, -0.25) is 0 Å². The summed E-state index contributed by atoms with van der Waals surface area (Å²) in [5.74, 6) is -15.0. The van der Waals surface area contributed by atoms with Gasteiger partial charge < -0.3 is 88.7 Å². The Morgan fingerprint density at radius 1 is 0.311 bits per heavy atom. The summed E-state index contributed by atoms with van der Waals surface area (Å²) in [6.45, 7) is 0. The van der Waals surface area contributed by atoms with Crippen LogP contribution in [0.3, 0.4) is 0 Å². The Hall–Kier alpha value is -0.460. The molecule has 0 amide bonds. The third-order valence-electron chi connectivity index (χ3n) is 9.77. The minimum Gasteiger partial charge on any atom is -0.545 e. The number of hydrogen-bond donors (Lipinski definition) is 0. The first kappa shape index (κ1) is 77.8. The van der Waals surface area contributed by atoms with E-state index in [1.54, 1.807) is 0 Å². The molecule has 18 nitrogen and oxygen atoms in total. The van der Waals surface area contributed by atoms with Crippen molar-refractivity contribution < 1.29 is 325 Å². The van der Waals surface area contributed by atoms with Gasteiger partial charge >= 0.3 is 236 Å². The maximum atomic E-state index is 12.3. The molecule has 0 radical (unpaired) electrons. The molecule has 6 rings (SSSR count). The fourth-order valence-electron chi connectivity index (χ4n) is 7.01. The van der Waals surface area contributed by atoms with Crippen LogP contribution in [0.2, 0.25) is 0 Å². The first-order valence-electron chi connectivity index (χ1n) is 18.5.